The summed E-state index contributed by atoms with van der Waals surface area (Å²) in [5.41, 5.74) is 7.15. The standard InChI is InChI=1S/C14H15N3.C14H12/c1-11(17-10-15)7-8-13-5-4-6-14(9-13)12(2)16-3;1-2-12-8-10-14(11-9-12)13-6-4-3-5-7-13/h4-9,16-17H,1-2H2,3H3;2-11H,1H2/b8-7+;. The SMILES string of the molecule is C=C(/C=C/c1cccc(C(=C)NC)c1)NC#N.C=Cc1ccc(-c2ccccc2)cc1. The smallest absolute Gasteiger partial charge is 0.181 e. The molecule has 0 aromatic heterocycles. The Morgan fingerprint density at radius 3 is 2.16 bits per heavy atom. The molecule has 0 bridgehead atoms. The normalized spacial score (nSPS) is 9.68. The maximum Gasteiger partial charge on any atom is 0.181 e. The molecule has 0 aliphatic carbocycles. The van der Waals surface area contributed by atoms with E-state index in [-0.39, 0.29) is 0 Å². The van der Waals surface area contributed by atoms with E-state index < -0.39 is 0 Å². The summed E-state index contributed by atoms with van der Waals surface area (Å²) >= 11 is 0. The van der Waals surface area contributed by atoms with Crippen LogP contribution in [0.2, 0.25) is 0 Å². The van der Waals surface area contributed by atoms with Gasteiger partial charge in [0.2, 0.25) is 0 Å². The van der Waals surface area contributed by atoms with Crippen LogP contribution in [0, 0.1) is 11.5 Å². The second-order valence-corrected chi connectivity index (χ2v) is 6.64. The molecule has 0 saturated carbocycles. The Hall–Kier alpha value is -4.29. The van der Waals surface area contributed by atoms with Crippen LogP contribution in [0.5, 0.6) is 0 Å². The van der Waals surface area contributed by atoms with Crippen molar-refractivity contribution in [1.82, 2.24) is 10.6 Å². The highest BCUT2D eigenvalue weighted by Gasteiger charge is 1.96. The number of allylic oxidation sites excluding steroid dienone is 1. The highest BCUT2D eigenvalue weighted by molar-refractivity contribution is 5.66. The van der Waals surface area contributed by atoms with Gasteiger partial charge in [-0.3, -0.25) is 5.32 Å². The molecule has 3 heteroatoms. The molecule has 0 fully saturated rings. The Balaban J connectivity index is 0.000000224. The van der Waals surface area contributed by atoms with E-state index in [0.717, 1.165) is 22.4 Å². The molecule has 3 aromatic carbocycles. The molecule has 154 valence electrons. The monoisotopic (exact) mass is 405 g/mol. The van der Waals surface area contributed by atoms with Gasteiger partial charge in [-0.2, -0.15) is 5.26 Å². The van der Waals surface area contributed by atoms with Crippen molar-refractivity contribution in [3.8, 4) is 17.3 Å². The number of nitrogens with one attached hydrogen (secondary N) is 2. The molecule has 0 amide bonds. The van der Waals surface area contributed by atoms with Crippen molar-refractivity contribution in [1.29, 1.82) is 5.26 Å². The lowest BCUT2D eigenvalue weighted by Crippen LogP contribution is -2.02. The lowest BCUT2D eigenvalue weighted by molar-refractivity contribution is 1.13. The fourth-order valence-corrected chi connectivity index (χ4v) is 2.73. The van der Waals surface area contributed by atoms with Gasteiger partial charge in [-0.25, -0.2) is 0 Å². The van der Waals surface area contributed by atoms with Gasteiger partial charge < -0.3 is 5.32 Å². The number of nitrogens with zero attached hydrogens (tertiary/aromatic N) is 1. The topological polar surface area (TPSA) is 47.8 Å². The highest BCUT2D eigenvalue weighted by atomic mass is 14.9. The van der Waals surface area contributed by atoms with Gasteiger partial charge in [0, 0.05) is 18.4 Å². The van der Waals surface area contributed by atoms with Crippen LogP contribution in [-0.2, 0) is 0 Å². The molecule has 2 N–H and O–H groups in total. The fraction of sp³-hybridized carbons (Fsp3) is 0.0357. The van der Waals surface area contributed by atoms with Crippen molar-refractivity contribution < 1.29 is 0 Å². The maximum atomic E-state index is 8.41. The molecule has 3 rings (SSSR count). The Labute approximate surface area is 185 Å². The third-order valence-corrected chi connectivity index (χ3v) is 4.48. The molecule has 0 unspecified atom stereocenters. The summed E-state index contributed by atoms with van der Waals surface area (Å²) in [6.45, 7) is 11.3. The summed E-state index contributed by atoms with van der Waals surface area (Å²) in [4.78, 5) is 0. The summed E-state index contributed by atoms with van der Waals surface area (Å²) in [7, 11) is 1.84. The van der Waals surface area contributed by atoms with Crippen LogP contribution in [0.1, 0.15) is 16.7 Å². The van der Waals surface area contributed by atoms with Crippen LogP contribution in [0.4, 0.5) is 0 Å². The van der Waals surface area contributed by atoms with E-state index in [9.17, 15) is 0 Å². The van der Waals surface area contributed by atoms with Crippen LogP contribution < -0.4 is 10.6 Å². The van der Waals surface area contributed by atoms with Crippen LogP contribution in [-0.4, -0.2) is 7.05 Å². The first kappa shape index (κ1) is 23.0. The second-order valence-electron chi connectivity index (χ2n) is 6.64. The van der Waals surface area contributed by atoms with Crippen molar-refractivity contribution in [3.63, 3.8) is 0 Å². The zero-order chi connectivity index (χ0) is 22.5. The molecule has 0 saturated heterocycles. The predicted octanol–water partition coefficient (Wildman–Crippen LogP) is 6.47. The zero-order valence-corrected chi connectivity index (χ0v) is 17.8. The molecular weight excluding hydrogens is 378 g/mol. The van der Waals surface area contributed by atoms with E-state index in [1.165, 1.54) is 11.1 Å². The molecule has 0 aliphatic heterocycles. The summed E-state index contributed by atoms with van der Waals surface area (Å²) < 4.78 is 0. The molecule has 31 heavy (non-hydrogen) atoms. The Kier molecular flexibility index (Phi) is 9.13. The van der Waals surface area contributed by atoms with Crippen LogP contribution in [0.3, 0.4) is 0 Å². The van der Waals surface area contributed by atoms with Crippen molar-refractivity contribution in [3.05, 3.63) is 127 Å². The number of nitriles is 1. The molecule has 0 aliphatic rings. The summed E-state index contributed by atoms with van der Waals surface area (Å²) in [5, 5.41) is 13.9. The largest absolute Gasteiger partial charge is 0.388 e. The minimum Gasteiger partial charge on any atom is -0.388 e. The van der Waals surface area contributed by atoms with Crippen molar-refractivity contribution >= 4 is 17.8 Å². The third kappa shape index (κ3) is 7.56. The maximum absolute atomic E-state index is 8.41. The second kappa shape index (κ2) is 12.3. The summed E-state index contributed by atoms with van der Waals surface area (Å²) in [6.07, 6.45) is 7.32. The first-order valence-corrected chi connectivity index (χ1v) is 9.84. The Morgan fingerprint density at radius 1 is 0.871 bits per heavy atom. The summed E-state index contributed by atoms with van der Waals surface area (Å²) in [5.74, 6) is 0. The van der Waals surface area contributed by atoms with Crippen LogP contribution in [0.25, 0.3) is 29.0 Å². The Bertz CT molecular complexity index is 1090. The lowest BCUT2D eigenvalue weighted by Gasteiger charge is -2.05. The first-order valence-electron chi connectivity index (χ1n) is 9.84. The van der Waals surface area contributed by atoms with Gasteiger partial charge in [0.05, 0.1) is 0 Å². The van der Waals surface area contributed by atoms with Crippen molar-refractivity contribution in [2.45, 2.75) is 0 Å². The minimum absolute atomic E-state index is 0.561. The van der Waals surface area contributed by atoms with Gasteiger partial charge in [-0.1, -0.05) is 105 Å². The predicted molar refractivity (Wildman–Crippen MR) is 133 cm³/mol. The van der Waals surface area contributed by atoms with Gasteiger partial charge in [0.25, 0.3) is 0 Å². The van der Waals surface area contributed by atoms with E-state index in [2.05, 4.69) is 78.9 Å². The number of hydrogen-bond donors (Lipinski definition) is 2. The number of benzene rings is 3. The fourth-order valence-electron chi connectivity index (χ4n) is 2.73. The number of hydrogen-bond acceptors (Lipinski definition) is 3. The molecule has 0 radical (unpaired) electrons. The molecule has 0 atom stereocenters. The van der Waals surface area contributed by atoms with Gasteiger partial charge in [-0.15, -0.1) is 0 Å². The van der Waals surface area contributed by atoms with E-state index in [4.69, 9.17) is 5.26 Å². The van der Waals surface area contributed by atoms with Crippen LogP contribution >= 0.6 is 0 Å². The lowest BCUT2D eigenvalue weighted by atomic mass is 10.0. The molecule has 0 spiro atoms. The average molecular weight is 406 g/mol. The van der Waals surface area contributed by atoms with E-state index in [1.807, 2.05) is 55.7 Å². The Morgan fingerprint density at radius 2 is 1.55 bits per heavy atom. The van der Waals surface area contributed by atoms with Crippen LogP contribution in [0.15, 0.2) is 110 Å². The van der Waals surface area contributed by atoms with Gasteiger partial charge in [-0.05, 0) is 40.0 Å². The molecule has 0 heterocycles. The van der Waals surface area contributed by atoms with E-state index in [0.29, 0.717) is 5.70 Å². The minimum atomic E-state index is 0.561. The van der Waals surface area contributed by atoms with Crippen molar-refractivity contribution in [2.24, 2.45) is 0 Å². The van der Waals surface area contributed by atoms with Gasteiger partial charge in [0.15, 0.2) is 6.19 Å². The van der Waals surface area contributed by atoms with Crippen molar-refractivity contribution in [2.75, 3.05) is 7.05 Å². The first-order chi connectivity index (χ1) is 15.1. The van der Waals surface area contributed by atoms with E-state index >= 15 is 0 Å². The third-order valence-electron chi connectivity index (χ3n) is 4.48. The van der Waals surface area contributed by atoms with E-state index in [1.54, 1.807) is 6.08 Å². The van der Waals surface area contributed by atoms with Gasteiger partial charge in [0.1, 0.15) is 0 Å². The number of rotatable bonds is 7. The quantitative estimate of drug-likeness (QED) is 0.269. The molecular formula is C28H27N3. The highest BCUT2D eigenvalue weighted by Crippen LogP contribution is 2.19. The average Bonchev–Trinajstić information content (AvgIpc) is 2.83. The summed E-state index contributed by atoms with van der Waals surface area (Å²) in [6, 6.07) is 26.7. The molecule has 3 nitrogen and oxygen atoms in total. The zero-order valence-electron chi connectivity index (χ0n) is 17.8. The van der Waals surface area contributed by atoms with Gasteiger partial charge >= 0.3 is 0 Å². The molecule has 3 aromatic rings.